The molecule has 0 fully saturated rings. The monoisotopic (exact) mass is 238 g/mol. The maximum Gasteiger partial charge on any atom is 0.249 e. The summed E-state index contributed by atoms with van der Waals surface area (Å²) >= 11 is 6.13. The normalized spacial score (nSPS) is 19.3. The quantitative estimate of drug-likeness (QED) is 0.859. The minimum absolute atomic E-state index is 0.125. The lowest BCUT2D eigenvalue weighted by atomic mass is 10.1. The Morgan fingerprint density at radius 1 is 1.44 bits per heavy atom. The number of benzene rings is 1. The van der Waals surface area contributed by atoms with Crippen LogP contribution in [0, 0.1) is 0 Å². The molecule has 0 spiro atoms. The number of amides is 1. The number of halogens is 1. The molecule has 1 aromatic rings. The van der Waals surface area contributed by atoms with Crippen molar-refractivity contribution >= 4 is 28.9 Å². The molecule has 0 aliphatic carbocycles. The first-order chi connectivity index (χ1) is 7.69. The molecule has 3 nitrogen and oxygen atoms in total. The Bertz CT molecular complexity index is 419. The van der Waals surface area contributed by atoms with Crippen LogP contribution in [0.5, 0.6) is 0 Å². The molecule has 16 heavy (non-hydrogen) atoms. The van der Waals surface area contributed by atoms with Gasteiger partial charge in [-0.25, -0.2) is 0 Å². The van der Waals surface area contributed by atoms with Gasteiger partial charge in [-0.1, -0.05) is 24.6 Å². The molecule has 1 aromatic carbocycles. The summed E-state index contributed by atoms with van der Waals surface area (Å²) in [6.07, 6.45) is 0.764. The van der Waals surface area contributed by atoms with E-state index in [9.17, 15) is 4.79 Å². The number of carbonyl (C=O) groups is 1. The first kappa shape index (κ1) is 11.3. The van der Waals surface area contributed by atoms with Gasteiger partial charge in [0.25, 0.3) is 0 Å². The molecule has 0 bridgehead atoms. The van der Waals surface area contributed by atoms with E-state index in [1.807, 2.05) is 32.0 Å². The van der Waals surface area contributed by atoms with Gasteiger partial charge in [-0.3, -0.25) is 4.79 Å². The van der Waals surface area contributed by atoms with Crippen molar-refractivity contribution in [2.75, 3.05) is 16.8 Å². The number of fused-ring (bicyclic) bond motifs is 1. The maximum atomic E-state index is 12.1. The fourth-order valence-electron chi connectivity index (χ4n) is 2.03. The van der Waals surface area contributed by atoms with E-state index < -0.39 is 0 Å². The summed E-state index contributed by atoms with van der Waals surface area (Å²) in [5.41, 5.74) is 1.75. The van der Waals surface area contributed by atoms with Gasteiger partial charge in [-0.2, -0.15) is 0 Å². The number of carbonyl (C=O) groups excluding carboxylic acids is 1. The maximum absolute atomic E-state index is 12.1. The molecule has 0 saturated carbocycles. The predicted octanol–water partition coefficient (Wildman–Crippen LogP) is 2.90. The Hall–Kier alpha value is -1.22. The van der Waals surface area contributed by atoms with Crippen LogP contribution in [0.3, 0.4) is 0 Å². The number of likely N-dealkylation sites (N-methyl/N-ethyl adjacent to an activating group) is 1. The predicted molar refractivity (Wildman–Crippen MR) is 67.2 cm³/mol. The van der Waals surface area contributed by atoms with Gasteiger partial charge in [-0.05, 0) is 25.5 Å². The molecule has 1 aliphatic heterocycles. The van der Waals surface area contributed by atoms with Gasteiger partial charge in [0.05, 0.1) is 16.4 Å². The lowest BCUT2D eigenvalue weighted by Crippen LogP contribution is -2.46. The molecule has 1 amide bonds. The molecular formula is C12H15ClN2O. The summed E-state index contributed by atoms with van der Waals surface area (Å²) in [4.78, 5) is 13.9. The molecule has 1 N–H and O–H groups in total. The van der Waals surface area contributed by atoms with Crippen LogP contribution in [0.2, 0.25) is 5.02 Å². The highest BCUT2D eigenvalue weighted by Crippen LogP contribution is 2.37. The zero-order valence-corrected chi connectivity index (χ0v) is 10.2. The van der Waals surface area contributed by atoms with Crippen molar-refractivity contribution in [1.82, 2.24) is 0 Å². The number of rotatable bonds is 2. The fraction of sp³-hybridized carbons (Fsp3) is 0.417. The van der Waals surface area contributed by atoms with E-state index >= 15 is 0 Å². The lowest BCUT2D eigenvalue weighted by Gasteiger charge is -2.34. The molecular weight excluding hydrogens is 224 g/mol. The summed E-state index contributed by atoms with van der Waals surface area (Å²) in [7, 11) is 0. The third kappa shape index (κ3) is 1.65. The first-order valence-electron chi connectivity index (χ1n) is 5.55. The second kappa shape index (κ2) is 4.34. The van der Waals surface area contributed by atoms with Crippen LogP contribution in [0.1, 0.15) is 20.3 Å². The molecule has 86 valence electrons. The van der Waals surface area contributed by atoms with Gasteiger partial charge in [0.1, 0.15) is 6.04 Å². The zero-order chi connectivity index (χ0) is 11.7. The van der Waals surface area contributed by atoms with Crippen LogP contribution in [0.4, 0.5) is 11.4 Å². The van der Waals surface area contributed by atoms with Gasteiger partial charge in [0.15, 0.2) is 0 Å². The SMILES string of the molecule is CCC1Nc2c(Cl)cccc2N(CC)C1=O. The van der Waals surface area contributed by atoms with E-state index in [1.54, 1.807) is 4.90 Å². The average molecular weight is 239 g/mol. The van der Waals surface area contributed by atoms with Crippen LogP contribution in [-0.4, -0.2) is 18.5 Å². The van der Waals surface area contributed by atoms with Gasteiger partial charge >= 0.3 is 0 Å². The molecule has 1 heterocycles. The number of nitrogens with zero attached hydrogens (tertiary/aromatic N) is 1. The fourth-order valence-corrected chi connectivity index (χ4v) is 2.25. The number of nitrogens with one attached hydrogen (secondary N) is 1. The molecule has 1 aliphatic rings. The molecule has 2 rings (SSSR count). The molecule has 0 aromatic heterocycles. The Labute approximate surface area is 100 Å². The Morgan fingerprint density at radius 2 is 2.19 bits per heavy atom. The zero-order valence-electron chi connectivity index (χ0n) is 9.46. The van der Waals surface area contributed by atoms with Crippen LogP contribution in [-0.2, 0) is 4.79 Å². The summed E-state index contributed by atoms with van der Waals surface area (Å²) in [6, 6.07) is 5.46. The molecule has 0 saturated heterocycles. The van der Waals surface area contributed by atoms with Crippen molar-refractivity contribution < 1.29 is 4.79 Å². The second-order valence-electron chi connectivity index (χ2n) is 3.82. The van der Waals surface area contributed by atoms with Crippen LogP contribution < -0.4 is 10.2 Å². The topological polar surface area (TPSA) is 32.3 Å². The van der Waals surface area contributed by atoms with Crippen LogP contribution in [0.25, 0.3) is 0 Å². The van der Waals surface area contributed by atoms with Crippen molar-refractivity contribution in [2.45, 2.75) is 26.3 Å². The lowest BCUT2D eigenvalue weighted by molar-refractivity contribution is -0.119. The van der Waals surface area contributed by atoms with Gasteiger partial charge in [0, 0.05) is 6.54 Å². The van der Waals surface area contributed by atoms with Crippen molar-refractivity contribution in [1.29, 1.82) is 0 Å². The largest absolute Gasteiger partial charge is 0.371 e. The standard InChI is InChI=1S/C12H15ClN2O/c1-3-9-12(16)15(4-2)10-7-5-6-8(13)11(10)14-9/h5-7,9,14H,3-4H2,1-2H3. The number of anilines is 2. The highest BCUT2D eigenvalue weighted by Gasteiger charge is 2.31. The Kier molecular flexibility index (Phi) is 3.06. The second-order valence-corrected chi connectivity index (χ2v) is 4.23. The van der Waals surface area contributed by atoms with Gasteiger partial charge < -0.3 is 10.2 Å². The Balaban J connectivity index is 2.50. The van der Waals surface area contributed by atoms with Crippen LogP contribution in [0.15, 0.2) is 18.2 Å². The number of hydrogen-bond donors (Lipinski definition) is 1. The molecule has 4 heteroatoms. The summed E-state index contributed by atoms with van der Waals surface area (Å²) in [6.45, 7) is 4.64. The van der Waals surface area contributed by atoms with Crippen molar-refractivity contribution in [2.24, 2.45) is 0 Å². The summed E-state index contributed by atoms with van der Waals surface area (Å²) in [5.74, 6) is 0.125. The highest BCUT2D eigenvalue weighted by atomic mass is 35.5. The van der Waals surface area contributed by atoms with Crippen molar-refractivity contribution in [3.8, 4) is 0 Å². The highest BCUT2D eigenvalue weighted by molar-refractivity contribution is 6.34. The molecule has 1 atom stereocenters. The number of para-hydroxylation sites is 1. The van der Waals surface area contributed by atoms with E-state index in [-0.39, 0.29) is 11.9 Å². The van der Waals surface area contributed by atoms with E-state index in [0.717, 1.165) is 17.8 Å². The van der Waals surface area contributed by atoms with Crippen molar-refractivity contribution in [3.63, 3.8) is 0 Å². The van der Waals surface area contributed by atoms with Gasteiger partial charge in [-0.15, -0.1) is 0 Å². The molecule has 1 unspecified atom stereocenters. The van der Waals surface area contributed by atoms with E-state index in [2.05, 4.69) is 5.32 Å². The van der Waals surface area contributed by atoms with Crippen molar-refractivity contribution in [3.05, 3.63) is 23.2 Å². The summed E-state index contributed by atoms with van der Waals surface area (Å²) in [5, 5.41) is 3.87. The average Bonchev–Trinajstić information content (AvgIpc) is 2.29. The smallest absolute Gasteiger partial charge is 0.249 e. The summed E-state index contributed by atoms with van der Waals surface area (Å²) < 4.78 is 0. The Morgan fingerprint density at radius 3 is 2.81 bits per heavy atom. The first-order valence-corrected chi connectivity index (χ1v) is 5.93. The minimum Gasteiger partial charge on any atom is -0.371 e. The van der Waals surface area contributed by atoms with E-state index in [1.165, 1.54) is 0 Å². The third-order valence-corrected chi connectivity index (χ3v) is 3.20. The molecule has 0 radical (unpaired) electrons. The number of hydrogen-bond acceptors (Lipinski definition) is 2. The van der Waals surface area contributed by atoms with Crippen LogP contribution >= 0.6 is 11.6 Å². The van der Waals surface area contributed by atoms with Gasteiger partial charge in [0.2, 0.25) is 5.91 Å². The minimum atomic E-state index is -0.160. The third-order valence-electron chi connectivity index (χ3n) is 2.89. The van der Waals surface area contributed by atoms with E-state index in [0.29, 0.717) is 11.6 Å². The van der Waals surface area contributed by atoms with E-state index in [4.69, 9.17) is 11.6 Å².